The van der Waals surface area contributed by atoms with Crippen molar-refractivity contribution in [1.29, 1.82) is 0 Å². The number of rotatable bonds is 15. The number of anilines is 1. The summed E-state index contributed by atoms with van der Waals surface area (Å²) >= 11 is 0. The number of benzene rings is 1. The van der Waals surface area contributed by atoms with Crippen LogP contribution < -0.4 is 15.8 Å². The van der Waals surface area contributed by atoms with E-state index in [9.17, 15) is 28.2 Å². The van der Waals surface area contributed by atoms with E-state index >= 15 is 0 Å². The minimum absolute atomic E-state index is 0. The number of carbonyl (C=O) groups is 2. The Balaban J connectivity index is -0.000000797. The zero-order valence-corrected chi connectivity index (χ0v) is 30.6. The molecule has 269 valence electrons. The molecule has 19 heteroatoms. The number of nitrogens with one attached hydrogen (secondary N) is 1. The number of carbonyl (C=O) groups excluding carboxylic acids is 2. The fourth-order valence-electron chi connectivity index (χ4n) is 3.03. The van der Waals surface area contributed by atoms with Crippen LogP contribution in [0.1, 0.15) is 24.8 Å². The molecule has 0 spiro atoms. The van der Waals surface area contributed by atoms with Gasteiger partial charge in [0.15, 0.2) is 0 Å². The quantitative estimate of drug-likeness (QED) is 0.0377. The predicted octanol–water partition coefficient (Wildman–Crippen LogP) is -2.78. The number of nitrogens with zero attached hydrogens (tertiary/aromatic N) is 1. The maximum atomic E-state index is 12.1. The number of terminal acetylenes is 1. The van der Waals surface area contributed by atoms with Gasteiger partial charge in [-0.05, 0) is 17.7 Å². The van der Waals surface area contributed by atoms with Crippen molar-refractivity contribution in [3.8, 4) is 18.1 Å². The molecule has 1 aliphatic rings. The van der Waals surface area contributed by atoms with Crippen LogP contribution in [0.2, 0.25) is 0 Å². The van der Waals surface area contributed by atoms with Crippen molar-refractivity contribution in [2.75, 3.05) is 71.1 Å². The van der Waals surface area contributed by atoms with Gasteiger partial charge in [-0.3, -0.25) is 4.79 Å². The van der Waals surface area contributed by atoms with Crippen molar-refractivity contribution in [2.24, 2.45) is 5.73 Å². The fourth-order valence-corrected chi connectivity index (χ4v) is 3.63. The van der Waals surface area contributed by atoms with Gasteiger partial charge in [-0.15, -0.1) is 6.42 Å². The van der Waals surface area contributed by atoms with Crippen LogP contribution >= 0.6 is 0 Å². The summed E-state index contributed by atoms with van der Waals surface area (Å²) in [7, 11) is -0.513. The molecule has 1 fully saturated rings. The first-order valence-electron chi connectivity index (χ1n) is 13.8. The standard InChI is InChI=1S/C19H23NO7.C4H11NO3S.C4H11NO3.CH4O.Y/c1-2-6-25-7-5-18(24)20-16-8-13(11-21)3-4-17(16)27-19-10-14(23)9-15(12-22)26-19;1-5(6)3-4-9(2,7)8;5-4(1-6,2-7)3-8;1-2;/h1,3-4,8,12,14-15,19,21,23H,5-7,9-11H2,(H,20,24);6H,3-4H2,1-2H3;6-8H,1-3,5H2;2H,1H3;. The first-order chi connectivity index (χ1) is 21.6. The van der Waals surface area contributed by atoms with Crippen molar-refractivity contribution >= 4 is 27.7 Å². The third-order valence-electron chi connectivity index (χ3n) is 5.60. The van der Waals surface area contributed by atoms with Crippen molar-refractivity contribution in [2.45, 2.75) is 49.9 Å². The summed E-state index contributed by atoms with van der Waals surface area (Å²) in [6, 6.07) is 4.79. The summed E-state index contributed by atoms with van der Waals surface area (Å²) in [4.78, 5) is 23.0. The van der Waals surface area contributed by atoms with Gasteiger partial charge < -0.3 is 65.9 Å². The van der Waals surface area contributed by atoms with Gasteiger partial charge in [0.05, 0.1) is 62.5 Å². The van der Waals surface area contributed by atoms with Crippen LogP contribution in [0.3, 0.4) is 0 Å². The first kappa shape index (κ1) is 49.7. The molecule has 0 bridgehead atoms. The van der Waals surface area contributed by atoms with Gasteiger partial charge in [-0.25, -0.2) is 8.42 Å². The molecular weight excluding hydrogens is 723 g/mol. The summed E-state index contributed by atoms with van der Waals surface area (Å²) in [5.74, 6) is 2.29. The van der Waals surface area contributed by atoms with Gasteiger partial charge in [-0.1, -0.05) is 12.0 Å². The van der Waals surface area contributed by atoms with Crippen LogP contribution in [0, 0.1) is 12.3 Å². The van der Waals surface area contributed by atoms with E-state index in [-0.39, 0.29) is 90.0 Å². The minimum atomic E-state index is -2.92. The van der Waals surface area contributed by atoms with Crippen molar-refractivity contribution in [1.82, 2.24) is 5.06 Å². The number of sulfone groups is 1. The number of hydroxylamine groups is 2. The largest absolute Gasteiger partial charge is 0.463 e. The second kappa shape index (κ2) is 28.2. The molecule has 1 saturated heterocycles. The van der Waals surface area contributed by atoms with E-state index in [4.69, 9.17) is 52.0 Å². The van der Waals surface area contributed by atoms with Crippen LogP contribution in [0.4, 0.5) is 5.69 Å². The Kier molecular flexibility index (Phi) is 29.8. The molecular formula is C28H49N3O14SY. The van der Waals surface area contributed by atoms with E-state index in [0.717, 1.165) is 18.4 Å². The van der Waals surface area contributed by atoms with E-state index in [1.54, 1.807) is 18.2 Å². The third kappa shape index (κ3) is 25.0. The van der Waals surface area contributed by atoms with Gasteiger partial charge in [0.2, 0.25) is 12.2 Å². The molecule has 1 amide bonds. The SMILES string of the molecule is C#CCOCCC(=O)Nc1cc(CO)ccc1OC1CC(O)CC(C=O)O1.CN(O)CCS(C)(=O)=O.CO.NC(CO)(CO)CO.[Y]. The Morgan fingerprint density at radius 1 is 1.21 bits per heavy atom. The summed E-state index contributed by atoms with van der Waals surface area (Å²) in [5.41, 5.74) is 4.86. The molecule has 3 unspecified atom stereocenters. The molecule has 3 atom stereocenters. The molecule has 10 N–H and O–H groups in total. The number of ether oxygens (including phenoxy) is 3. The Labute approximate surface area is 300 Å². The molecule has 1 heterocycles. The monoisotopic (exact) mass is 772 g/mol. The Morgan fingerprint density at radius 3 is 2.23 bits per heavy atom. The molecule has 2 rings (SSSR count). The van der Waals surface area contributed by atoms with Crippen molar-refractivity contribution in [3.63, 3.8) is 0 Å². The van der Waals surface area contributed by atoms with E-state index in [1.807, 2.05) is 0 Å². The van der Waals surface area contributed by atoms with E-state index in [2.05, 4.69) is 11.2 Å². The van der Waals surface area contributed by atoms with Crippen LogP contribution in [-0.2, 0) is 68.2 Å². The summed E-state index contributed by atoms with van der Waals surface area (Å²) in [5, 5.41) is 63.2. The molecule has 17 nitrogen and oxygen atoms in total. The zero-order chi connectivity index (χ0) is 35.8. The molecule has 1 aliphatic heterocycles. The van der Waals surface area contributed by atoms with Crippen LogP contribution in [0.5, 0.6) is 5.75 Å². The number of amides is 1. The number of aliphatic hydroxyl groups excluding tert-OH is 6. The average molecular weight is 773 g/mol. The van der Waals surface area contributed by atoms with Gasteiger partial charge in [-0.2, -0.15) is 5.06 Å². The third-order valence-corrected chi connectivity index (χ3v) is 6.52. The molecule has 0 saturated carbocycles. The molecule has 1 aromatic carbocycles. The fraction of sp³-hybridized carbons (Fsp3) is 0.643. The number of aliphatic hydroxyl groups is 6. The maximum Gasteiger partial charge on any atom is 0.226 e. The first-order valence-corrected chi connectivity index (χ1v) is 15.9. The smallest absolute Gasteiger partial charge is 0.226 e. The van der Waals surface area contributed by atoms with Gasteiger partial charge in [0.25, 0.3) is 0 Å². The summed E-state index contributed by atoms with van der Waals surface area (Å²) in [6.45, 7) is -0.954. The van der Waals surface area contributed by atoms with Crippen LogP contribution in [0.25, 0.3) is 0 Å². The Morgan fingerprint density at radius 2 is 1.81 bits per heavy atom. The second-order valence-electron chi connectivity index (χ2n) is 9.87. The minimum Gasteiger partial charge on any atom is -0.463 e. The Bertz CT molecular complexity index is 1130. The van der Waals surface area contributed by atoms with Crippen molar-refractivity contribution in [3.05, 3.63) is 23.8 Å². The van der Waals surface area contributed by atoms with Gasteiger partial charge in [0.1, 0.15) is 34.6 Å². The molecule has 1 radical (unpaired) electrons. The zero-order valence-electron chi connectivity index (χ0n) is 26.9. The molecule has 1 aromatic rings. The van der Waals surface area contributed by atoms with Gasteiger partial charge in [0, 0.05) is 72.5 Å². The number of hydrogen-bond donors (Lipinski definition) is 9. The predicted molar refractivity (Wildman–Crippen MR) is 166 cm³/mol. The maximum absolute atomic E-state index is 12.1. The topological polar surface area (TPSA) is 279 Å². The van der Waals surface area contributed by atoms with E-state index in [1.165, 1.54) is 7.05 Å². The Hall–Kier alpha value is -1.67. The summed E-state index contributed by atoms with van der Waals surface area (Å²) in [6.07, 6.45) is 5.03. The van der Waals surface area contributed by atoms with Crippen molar-refractivity contribution < 1.29 is 101 Å². The molecule has 47 heavy (non-hydrogen) atoms. The number of hydrogen-bond acceptors (Lipinski definition) is 16. The normalized spacial score (nSPS) is 17.1. The van der Waals surface area contributed by atoms with Crippen LogP contribution in [-0.4, -0.2) is 151 Å². The number of nitrogens with two attached hydrogens (primary N) is 1. The molecule has 0 aliphatic carbocycles. The second-order valence-corrected chi connectivity index (χ2v) is 12.1. The van der Waals surface area contributed by atoms with E-state index in [0.29, 0.717) is 23.3 Å². The molecule has 0 aromatic heterocycles. The van der Waals surface area contributed by atoms with Crippen LogP contribution in [0.15, 0.2) is 18.2 Å². The number of aldehydes is 1. The van der Waals surface area contributed by atoms with E-state index < -0.39 is 53.7 Å². The summed E-state index contributed by atoms with van der Waals surface area (Å²) < 4.78 is 37.1. The van der Waals surface area contributed by atoms with Gasteiger partial charge >= 0.3 is 0 Å². The average Bonchev–Trinajstić information content (AvgIpc) is 3.03.